The summed E-state index contributed by atoms with van der Waals surface area (Å²) in [5.74, 6) is 0. The molecular weight excluding hydrogens is 176 g/mol. The molecule has 0 aromatic rings. The number of rotatable bonds is 2. The van der Waals surface area contributed by atoms with E-state index in [4.69, 9.17) is 8.42 Å². The predicted molar refractivity (Wildman–Crippen MR) is 50.4 cm³/mol. The molecule has 1 aliphatic heterocycles. The molecule has 0 radical (unpaired) electrons. The number of nitrogens with zero attached hydrogens (tertiary/aromatic N) is 1. The summed E-state index contributed by atoms with van der Waals surface area (Å²) in [6, 6.07) is 0.931. The normalized spacial score (nSPS) is 22.8. The Kier molecular flexibility index (Phi) is 6.32. The molecule has 0 aromatic heterocycles. The van der Waals surface area contributed by atoms with Crippen molar-refractivity contribution in [1.82, 2.24) is 4.90 Å². The van der Waals surface area contributed by atoms with E-state index in [0.29, 0.717) is 0 Å². The van der Waals surface area contributed by atoms with Gasteiger partial charge in [-0.05, 0) is 25.9 Å². The Labute approximate surface area is 75.8 Å². The minimum absolute atomic E-state index is 0.931. The summed E-state index contributed by atoms with van der Waals surface area (Å²) in [7, 11) is -2.62. The number of likely N-dealkylation sites (tertiary alicyclic amines) is 1. The van der Waals surface area contributed by atoms with Gasteiger partial charge >= 0.3 is 0 Å². The standard InChI is InChI=1S/C7H15N.H3NO2S/c1-3-7-5-6-8(7)4-2;1-4(2)3/h7H,3-6H2,1-2H3;4H,(H2,1,2,3). The number of thiol groups is 1. The molecule has 0 spiro atoms. The Bertz CT molecular complexity index is 160. The maximum absolute atomic E-state index is 8.81. The monoisotopic (exact) mass is 194 g/mol. The van der Waals surface area contributed by atoms with Crippen molar-refractivity contribution < 1.29 is 8.42 Å². The zero-order valence-corrected chi connectivity index (χ0v) is 8.59. The van der Waals surface area contributed by atoms with Crippen LogP contribution in [0.3, 0.4) is 0 Å². The summed E-state index contributed by atoms with van der Waals surface area (Å²) in [4.78, 5) is 2.53. The fourth-order valence-electron chi connectivity index (χ4n) is 1.37. The molecule has 12 heavy (non-hydrogen) atoms. The lowest BCUT2D eigenvalue weighted by molar-refractivity contribution is 0.0950. The van der Waals surface area contributed by atoms with Crippen LogP contribution < -0.4 is 5.14 Å². The summed E-state index contributed by atoms with van der Waals surface area (Å²) in [5, 5.41) is 4.06. The molecule has 1 fully saturated rings. The van der Waals surface area contributed by atoms with Gasteiger partial charge in [-0.25, -0.2) is 13.6 Å². The zero-order valence-electron chi connectivity index (χ0n) is 7.69. The van der Waals surface area contributed by atoms with Crippen molar-refractivity contribution in [3.8, 4) is 0 Å². The highest BCUT2D eigenvalue weighted by atomic mass is 32.2. The van der Waals surface area contributed by atoms with Crippen LogP contribution in [0.25, 0.3) is 0 Å². The molecule has 1 saturated heterocycles. The number of hydrogen-bond acceptors (Lipinski definition) is 3. The predicted octanol–water partition coefficient (Wildman–Crippen LogP) is -0.0379. The third kappa shape index (κ3) is 4.69. The van der Waals surface area contributed by atoms with Crippen molar-refractivity contribution in [3.05, 3.63) is 0 Å². The highest BCUT2D eigenvalue weighted by molar-refractivity contribution is 7.69. The summed E-state index contributed by atoms with van der Waals surface area (Å²) in [6.07, 6.45) is 2.78. The van der Waals surface area contributed by atoms with Gasteiger partial charge in [0.05, 0.1) is 0 Å². The molecule has 1 atom stereocenters. The molecule has 1 aliphatic rings. The van der Waals surface area contributed by atoms with Gasteiger partial charge in [0.15, 0.2) is 10.9 Å². The Morgan fingerprint density at radius 3 is 2.08 bits per heavy atom. The van der Waals surface area contributed by atoms with Gasteiger partial charge in [0.1, 0.15) is 0 Å². The summed E-state index contributed by atoms with van der Waals surface area (Å²) < 4.78 is 17.6. The Morgan fingerprint density at radius 1 is 1.50 bits per heavy atom. The lowest BCUT2D eigenvalue weighted by Gasteiger charge is -2.39. The van der Waals surface area contributed by atoms with Gasteiger partial charge in [0, 0.05) is 6.04 Å². The van der Waals surface area contributed by atoms with Crippen LogP contribution in [0, 0.1) is 0 Å². The van der Waals surface area contributed by atoms with Gasteiger partial charge in [-0.3, -0.25) is 0 Å². The second-order valence-electron chi connectivity index (χ2n) is 2.76. The molecule has 1 heterocycles. The van der Waals surface area contributed by atoms with Crippen LogP contribution in [0.2, 0.25) is 0 Å². The average Bonchev–Trinajstić information content (AvgIpc) is 1.85. The van der Waals surface area contributed by atoms with Crippen molar-refractivity contribution >= 4 is 10.9 Å². The number of nitrogens with two attached hydrogens (primary N) is 1. The second kappa shape index (κ2) is 6.39. The van der Waals surface area contributed by atoms with E-state index in [0.717, 1.165) is 6.04 Å². The molecule has 1 rings (SSSR count). The summed E-state index contributed by atoms with van der Waals surface area (Å²) in [5.41, 5.74) is 0. The molecule has 0 aliphatic carbocycles. The summed E-state index contributed by atoms with van der Waals surface area (Å²) >= 11 is 0. The first-order valence-corrected chi connectivity index (χ1v) is 5.49. The van der Waals surface area contributed by atoms with E-state index >= 15 is 0 Å². The van der Waals surface area contributed by atoms with Crippen LogP contribution >= 0.6 is 0 Å². The summed E-state index contributed by atoms with van der Waals surface area (Å²) in [6.45, 7) is 7.10. The van der Waals surface area contributed by atoms with Gasteiger partial charge in [-0.1, -0.05) is 13.8 Å². The fourth-order valence-corrected chi connectivity index (χ4v) is 1.37. The molecular formula is C7H18N2O2S. The van der Waals surface area contributed by atoms with E-state index in [9.17, 15) is 0 Å². The molecule has 5 heteroatoms. The minimum Gasteiger partial charge on any atom is -0.301 e. The smallest absolute Gasteiger partial charge is 0.198 e. The van der Waals surface area contributed by atoms with Crippen molar-refractivity contribution in [2.24, 2.45) is 5.14 Å². The van der Waals surface area contributed by atoms with Crippen LogP contribution in [0.4, 0.5) is 0 Å². The largest absolute Gasteiger partial charge is 0.301 e. The molecule has 0 aromatic carbocycles. The second-order valence-corrected chi connectivity index (χ2v) is 3.34. The Hall–Kier alpha value is -0.130. The van der Waals surface area contributed by atoms with E-state index in [1.54, 1.807) is 0 Å². The van der Waals surface area contributed by atoms with E-state index in [1.165, 1.54) is 25.9 Å². The Balaban J connectivity index is 0.000000261. The first kappa shape index (κ1) is 11.9. The molecule has 74 valence electrons. The van der Waals surface area contributed by atoms with Gasteiger partial charge in [-0.2, -0.15) is 0 Å². The molecule has 2 N–H and O–H groups in total. The van der Waals surface area contributed by atoms with Crippen LogP contribution in [0.5, 0.6) is 0 Å². The highest BCUT2D eigenvalue weighted by Crippen LogP contribution is 2.18. The van der Waals surface area contributed by atoms with Crippen molar-refractivity contribution in [2.45, 2.75) is 32.7 Å². The quantitative estimate of drug-likeness (QED) is 0.606. The van der Waals surface area contributed by atoms with Crippen molar-refractivity contribution in [1.29, 1.82) is 0 Å². The minimum atomic E-state index is -2.62. The third-order valence-corrected chi connectivity index (χ3v) is 2.14. The average molecular weight is 194 g/mol. The molecule has 0 saturated carbocycles. The maximum atomic E-state index is 8.81. The van der Waals surface area contributed by atoms with E-state index in [-0.39, 0.29) is 0 Å². The van der Waals surface area contributed by atoms with Crippen molar-refractivity contribution in [3.63, 3.8) is 0 Å². The van der Waals surface area contributed by atoms with E-state index in [1.807, 2.05) is 0 Å². The van der Waals surface area contributed by atoms with Gasteiger partial charge in [-0.15, -0.1) is 0 Å². The maximum Gasteiger partial charge on any atom is 0.198 e. The fraction of sp³-hybridized carbons (Fsp3) is 1.00. The molecule has 1 unspecified atom stereocenters. The zero-order chi connectivity index (χ0) is 9.56. The van der Waals surface area contributed by atoms with Gasteiger partial charge in [0.2, 0.25) is 0 Å². The van der Waals surface area contributed by atoms with Crippen LogP contribution in [0.15, 0.2) is 0 Å². The van der Waals surface area contributed by atoms with E-state index < -0.39 is 10.9 Å². The first-order valence-electron chi connectivity index (χ1n) is 4.24. The van der Waals surface area contributed by atoms with Crippen LogP contribution in [-0.2, 0) is 10.9 Å². The number of hydrogen-bond donors (Lipinski definition) is 2. The molecule has 0 amide bonds. The van der Waals surface area contributed by atoms with E-state index in [2.05, 4.69) is 23.9 Å². The van der Waals surface area contributed by atoms with Crippen LogP contribution in [-0.4, -0.2) is 32.4 Å². The van der Waals surface area contributed by atoms with Gasteiger partial charge < -0.3 is 4.90 Å². The third-order valence-electron chi connectivity index (χ3n) is 2.14. The first-order chi connectivity index (χ1) is 5.61. The highest BCUT2D eigenvalue weighted by Gasteiger charge is 2.23. The topological polar surface area (TPSA) is 63.4 Å². The lowest BCUT2D eigenvalue weighted by atomic mass is 10.0. The van der Waals surface area contributed by atoms with Crippen LogP contribution in [0.1, 0.15) is 26.7 Å². The Morgan fingerprint density at radius 2 is 2.00 bits per heavy atom. The SMILES string of the molecule is CCC1CCN1CC.N[SH](=O)=O. The molecule has 4 nitrogen and oxygen atoms in total. The molecule has 0 bridgehead atoms. The van der Waals surface area contributed by atoms with Crippen molar-refractivity contribution in [2.75, 3.05) is 13.1 Å². The van der Waals surface area contributed by atoms with Gasteiger partial charge in [0.25, 0.3) is 0 Å². The lowest BCUT2D eigenvalue weighted by Crippen LogP contribution is -2.46.